The molecule has 1 aliphatic heterocycles. The van der Waals surface area contributed by atoms with Crippen molar-refractivity contribution in [2.24, 2.45) is 5.92 Å². The Kier molecular flexibility index (Phi) is 6.86. The smallest absolute Gasteiger partial charge is 0.287 e. The summed E-state index contributed by atoms with van der Waals surface area (Å²) in [6.45, 7) is 4.76. The van der Waals surface area contributed by atoms with Crippen LogP contribution in [0.1, 0.15) is 42.0 Å². The summed E-state index contributed by atoms with van der Waals surface area (Å²) in [6.07, 6.45) is 6.13. The number of hydrogen-bond acceptors (Lipinski definition) is 5. The molecule has 4 rings (SSSR count). The summed E-state index contributed by atoms with van der Waals surface area (Å²) < 4.78 is 7.13. The zero-order chi connectivity index (χ0) is 21.6. The molecule has 2 aromatic heterocycles. The molecule has 31 heavy (non-hydrogen) atoms. The molecule has 1 N–H and O–H groups in total. The number of pyridine rings is 1. The molecule has 0 aromatic carbocycles. The maximum absolute atomic E-state index is 12.5. The lowest BCUT2D eigenvalue weighted by atomic mass is 10.1. The highest BCUT2D eigenvalue weighted by Gasteiger charge is 2.29. The van der Waals surface area contributed by atoms with Crippen molar-refractivity contribution in [3.8, 4) is 0 Å². The Labute approximate surface area is 181 Å². The van der Waals surface area contributed by atoms with Crippen LogP contribution in [0.5, 0.6) is 0 Å². The normalized spacial score (nSPS) is 17.7. The van der Waals surface area contributed by atoms with Gasteiger partial charge in [0.15, 0.2) is 5.76 Å². The van der Waals surface area contributed by atoms with Gasteiger partial charge in [0.25, 0.3) is 11.5 Å². The van der Waals surface area contributed by atoms with Gasteiger partial charge in [-0.3, -0.25) is 19.3 Å². The van der Waals surface area contributed by atoms with E-state index in [0.717, 1.165) is 45.6 Å². The zero-order valence-electron chi connectivity index (χ0n) is 17.8. The number of aromatic nitrogens is 1. The second-order valence-electron chi connectivity index (χ2n) is 8.34. The van der Waals surface area contributed by atoms with Gasteiger partial charge < -0.3 is 19.2 Å². The standard InChI is InChI=1S/C23H30N4O4/c28-21-7-3-4-11-27(21)17-19-8-9-20(31-19)22(29)24-10-12-25-13-15-26(16-14-25)23(30)18-5-1-2-6-18/h3-4,7-9,11,18H,1-2,5-6,10,12-17H2,(H,24,29). The number of hydrogen-bond donors (Lipinski definition) is 1. The van der Waals surface area contributed by atoms with Crippen LogP contribution in [0.4, 0.5) is 0 Å². The van der Waals surface area contributed by atoms with E-state index in [-0.39, 0.29) is 29.7 Å². The number of nitrogens with zero attached hydrogens (tertiary/aromatic N) is 3. The first-order valence-corrected chi connectivity index (χ1v) is 11.1. The largest absolute Gasteiger partial charge is 0.454 e. The molecule has 0 unspecified atom stereocenters. The first-order valence-electron chi connectivity index (χ1n) is 11.1. The minimum Gasteiger partial charge on any atom is -0.454 e. The molecule has 0 atom stereocenters. The number of piperazine rings is 1. The van der Waals surface area contributed by atoms with Gasteiger partial charge in [0, 0.05) is 57.4 Å². The van der Waals surface area contributed by atoms with E-state index in [9.17, 15) is 14.4 Å². The lowest BCUT2D eigenvalue weighted by Gasteiger charge is -2.36. The molecule has 2 fully saturated rings. The maximum atomic E-state index is 12.5. The van der Waals surface area contributed by atoms with Crippen molar-refractivity contribution in [3.05, 3.63) is 58.4 Å². The van der Waals surface area contributed by atoms with E-state index in [2.05, 4.69) is 10.2 Å². The van der Waals surface area contributed by atoms with E-state index < -0.39 is 0 Å². The minimum absolute atomic E-state index is 0.116. The highest BCUT2D eigenvalue weighted by Crippen LogP contribution is 2.26. The van der Waals surface area contributed by atoms with Gasteiger partial charge in [0.1, 0.15) is 5.76 Å². The molecule has 8 nitrogen and oxygen atoms in total. The van der Waals surface area contributed by atoms with Crippen LogP contribution in [0.2, 0.25) is 0 Å². The van der Waals surface area contributed by atoms with Crippen molar-refractivity contribution in [2.45, 2.75) is 32.2 Å². The number of nitrogens with one attached hydrogen (secondary N) is 1. The van der Waals surface area contributed by atoms with Crippen LogP contribution in [-0.4, -0.2) is 65.4 Å². The summed E-state index contributed by atoms with van der Waals surface area (Å²) in [5.41, 5.74) is -0.116. The molecular weight excluding hydrogens is 396 g/mol. The summed E-state index contributed by atoms with van der Waals surface area (Å²) in [7, 11) is 0. The first kappa shape index (κ1) is 21.4. The van der Waals surface area contributed by atoms with Crippen molar-refractivity contribution in [2.75, 3.05) is 39.3 Å². The van der Waals surface area contributed by atoms with Crippen LogP contribution in [0.25, 0.3) is 0 Å². The maximum Gasteiger partial charge on any atom is 0.287 e. The molecule has 0 bridgehead atoms. The molecule has 1 aliphatic carbocycles. The van der Waals surface area contributed by atoms with E-state index >= 15 is 0 Å². The van der Waals surface area contributed by atoms with Gasteiger partial charge in [-0.1, -0.05) is 18.9 Å². The molecule has 2 aliphatic rings. The first-order chi connectivity index (χ1) is 15.1. The van der Waals surface area contributed by atoms with Crippen molar-refractivity contribution < 1.29 is 14.0 Å². The molecule has 0 radical (unpaired) electrons. The van der Waals surface area contributed by atoms with Crippen LogP contribution in [0.15, 0.2) is 45.7 Å². The Morgan fingerprint density at radius 3 is 2.55 bits per heavy atom. The summed E-state index contributed by atoms with van der Waals surface area (Å²) >= 11 is 0. The van der Waals surface area contributed by atoms with Crippen LogP contribution in [-0.2, 0) is 11.3 Å². The number of carbonyl (C=O) groups is 2. The topological polar surface area (TPSA) is 87.8 Å². The van der Waals surface area contributed by atoms with Gasteiger partial charge in [-0.2, -0.15) is 0 Å². The Morgan fingerprint density at radius 1 is 1.03 bits per heavy atom. The Bertz CT molecular complexity index is 952. The Balaban J connectivity index is 1.18. The number of carbonyl (C=O) groups excluding carboxylic acids is 2. The molecule has 8 heteroatoms. The van der Waals surface area contributed by atoms with Gasteiger partial charge in [-0.25, -0.2) is 0 Å². The zero-order valence-corrected chi connectivity index (χ0v) is 17.8. The van der Waals surface area contributed by atoms with Crippen molar-refractivity contribution >= 4 is 11.8 Å². The van der Waals surface area contributed by atoms with Gasteiger partial charge in [-0.15, -0.1) is 0 Å². The van der Waals surface area contributed by atoms with Gasteiger partial charge in [0.2, 0.25) is 5.91 Å². The average Bonchev–Trinajstić information content (AvgIpc) is 3.48. The third kappa shape index (κ3) is 5.44. The van der Waals surface area contributed by atoms with Crippen LogP contribution >= 0.6 is 0 Å². The molecule has 1 saturated heterocycles. The molecule has 2 amide bonds. The molecule has 2 aromatic rings. The van der Waals surface area contributed by atoms with E-state index in [4.69, 9.17) is 4.42 Å². The Morgan fingerprint density at radius 2 is 1.81 bits per heavy atom. The molecule has 0 spiro atoms. The predicted octanol–water partition coefficient (Wildman–Crippen LogP) is 1.55. The molecule has 166 valence electrons. The molecule has 1 saturated carbocycles. The van der Waals surface area contributed by atoms with Crippen molar-refractivity contribution in [1.82, 2.24) is 19.7 Å². The van der Waals surface area contributed by atoms with E-state index in [0.29, 0.717) is 18.2 Å². The molecular formula is C23H30N4O4. The van der Waals surface area contributed by atoms with E-state index in [1.54, 1.807) is 30.5 Å². The quantitative estimate of drug-likeness (QED) is 0.726. The van der Waals surface area contributed by atoms with Gasteiger partial charge in [-0.05, 0) is 31.0 Å². The summed E-state index contributed by atoms with van der Waals surface area (Å²) in [6, 6.07) is 8.30. The highest BCUT2D eigenvalue weighted by atomic mass is 16.4. The number of furan rings is 1. The van der Waals surface area contributed by atoms with Gasteiger partial charge in [0.05, 0.1) is 6.54 Å². The van der Waals surface area contributed by atoms with E-state index in [1.807, 2.05) is 4.90 Å². The number of rotatable bonds is 7. The lowest BCUT2D eigenvalue weighted by molar-refractivity contribution is -0.137. The third-order valence-corrected chi connectivity index (χ3v) is 6.21. The van der Waals surface area contributed by atoms with Crippen LogP contribution < -0.4 is 10.9 Å². The average molecular weight is 427 g/mol. The predicted molar refractivity (Wildman–Crippen MR) is 116 cm³/mol. The molecule has 3 heterocycles. The Hall–Kier alpha value is -2.87. The van der Waals surface area contributed by atoms with E-state index in [1.165, 1.54) is 23.5 Å². The fourth-order valence-electron chi connectivity index (χ4n) is 4.38. The fourth-order valence-corrected chi connectivity index (χ4v) is 4.38. The SMILES string of the molecule is O=C(NCCN1CCN(C(=O)C2CCCC2)CC1)c1ccc(Cn2ccccc2=O)o1. The van der Waals surface area contributed by atoms with Crippen LogP contribution in [0, 0.1) is 5.92 Å². The highest BCUT2D eigenvalue weighted by molar-refractivity contribution is 5.91. The minimum atomic E-state index is -0.262. The summed E-state index contributed by atoms with van der Waals surface area (Å²) in [5, 5.41) is 2.89. The van der Waals surface area contributed by atoms with Gasteiger partial charge >= 0.3 is 0 Å². The van der Waals surface area contributed by atoms with Crippen molar-refractivity contribution in [3.63, 3.8) is 0 Å². The van der Waals surface area contributed by atoms with Crippen molar-refractivity contribution in [1.29, 1.82) is 0 Å². The second kappa shape index (κ2) is 9.96. The fraction of sp³-hybridized carbons (Fsp3) is 0.522. The monoisotopic (exact) mass is 426 g/mol. The number of amides is 2. The van der Waals surface area contributed by atoms with Crippen LogP contribution in [0.3, 0.4) is 0 Å². The summed E-state index contributed by atoms with van der Waals surface area (Å²) in [4.78, 5) is 41.0. The lowest BCUT2D eigenvalue weighted by Crippen LogP contribution is -2.51. The summed E-state index contributed by atoms with van der Waals surface area (Å²) in [5.74, 6) is 1.11. The third-order valence-electron chi connectivity index (χ3n) is 6.21. The second-order valence-corrected chi connectivity index (χ2v) is 8.34.